The van der Waals surface area contributed by atoms with E-state index in [4.69, 9.17) is 5.11 Å². The van der Waals surface area contributed by atoms with E-state index in [1.165, 1.54) is 122 Å². The van der Waals surface area contributed by atoms with Gasteiger partial charge in [0.2, 0.25) is 0 Å². The molecule has 0 aromatic heterocycles. The van der Waals surface area contributed by atoms with E-state index in [0.717, 1.165) is 38.5 Å². The van der Waals surface area contributed by atoms with Crippen LogP contribution in [0.25, 0.3) is 0 Å². The maximum absolute atomic E-state index is 10.4. The Bertz CT molecular complexity index is 543. The van der Waals surface area contributed by atoms with Gasteiger partial charge < -0.3 is 5.11 Å². The molecule has 0 radical (unpaired) electrons. The second-order valence-electron chi connectivity index (χ2n) is 10.0. The molecule has 0 heterocycles. The average Bonchev–Trinajstić information content (AvgIpc) is 2.83. The Hall–Kier alpha value is -1.41. The zero-order chi connectivity index (χ0) is 24.8. The summed E-state index contributed by atoms with van der Waals surface area (Å²) in [5.74, 6) is 11.7. The topological polar surface area (TPSA) is 37.3 Å². The van der Waals surface area contributed by atoms with Gasteiger partial charge in [0.25, 0.3) is 0 Å². The van der Waals surface area contributed by atoms with Crippen molar-refractivity contribution in [3.63, 3.8) is 0 Å². The van der Waals surface area contributed by atoms with Gasteiger partial charge in [-0.3, -0.25) is 4.79 Å². The Morgan fingerprint density at radius 1 is 0.471 bits per heavy atom. The molecule has 0 aliphatic carbocycles. The largest absolute Gasteiger partial charge is 0.481 e. The summed E-state index contributed by atoms with van der Waals surface area (Å²) >= 11 is 0. The third-order valence-corrected chi connectivity index (χ3v) is 6.59. The number of unbranched alkanes of at least 4 members (excludes halogenated alkanes) is 23. The highest BCUT2D eigenvalue weighted by molar-refractivity contribution is 5.66. The number of carboxylic acids is 1. The molecule has 0 spiro atoms. The molecule has 0 saturated heterocycles. The Morgan fingerprint density at radius 3 is 1.09 bits per heavy atom. The van der Waals surface area contributed by atoms with E-state index in [-0.39, 0.29) is 0 Å². The monoisotopic (exact) mass is 472 g/mol. The predicted octanol–water partition coefficient (Wildman–Crippen LogP) is 10.2. The van der Waals surface area contributed by atoms with Gasteiger partial charge in [-0.05, 0) is 31.1 Å². The summed E-state index contributed by atoms with van der Waals surface area (Å²) in [7, 11) is 0. The first kappa shape index (κ1) is 32.6. The van der Waals surface area contributed by atoms with Gasteiger partial charge in [-0.1, -0.05) is 147 Å². The normalized spacial score (nSPS) is 10.4. The van der Waals surface area contributed by atoms with Gasteiger partial charge in [0.05, 0.1) is 0 Å². The first-order chi connectivity index (χ1) is 16.8. The van der Waals surface area contributed by atoms with Crippen molar-refractivity contribution in [1.29, 1.82) is 0 Å². The number of carbonyl (C=O) groups is 1. The second kappa shape index (κ2) is 29.6. The lowest BCUT2D eigenvalue weighted by Gasteiger charge is -2.03. The van der Waals surface area contributed by atoms with Crippen LogP contribution in [0.1, 0.15) is 174 Å². The highest BCUT2D eigenvalue weighted by Crippen LogP contribution is 2.14. The molecule has 0 fully saturated rings. The quantitative estimate of drug-likeness (QED) is 0.106. The summed E-state index contributed by atoms with van der Waals surface area (Å²) in [6.45, 7) is 2.29. The molecule has 0 amide bonds. The van der Waals surface area contributed by atoms with Crippen LogP contribution in [0.4, 0.5) is 0 Å². The van der Waals surface area contributed by atoms with E-state index < -0.39 is 5.97 Å². The van der Waals surface area contributed by atoms with Crippen LogP contribution in [0.15, 0.2) is 0 Å². The van der Waals surface area contributed by atoms with Crippen LogP contribution >= 0.6 is 0 Å². The highest BCUT2D eigenvalue weighted by atomic mass is 16.4. The minimum Gasteiger partial charge on any atom is -0.481 e. The van der Waals surface area contributed by atoms with Gasteiger partial charge in [-0.25, -0.2) is 0 Å². The lowest BCUT2D eigenvalue weighted by molar-refractivity contribution is -0.137. The van der Waals surface area contributed by atoms with Crippen LogP contribution in [-0.4, -0.2) is 11.1 Å². The minimum atomic E-state index is -0.679. The average molecular weight is 473 g/mol. The van der Waals surface area contributed by atoms with Crippen molar-refractivity contribution in [3.8, 4) is 23.7 Å². The molecule has 2 nitrogen and oxygen atoms in total. The molecule has 0 rings (SSSR count). The van der Waals surface area contributed by atoms with Crippen LogP contribution in [0.2, 0.25) is 0 Å². The molecule has 2 heteroatoms. The summed E-state index contributed by atoms with van der Waals surface area (Å²) in [5, 5.41) is 8.59. The smallest absolute Gasteiger partial charge is 0.303 e. The van der Waals surface area contributed by atoms with Crippen LogP contribution in [0, 0.1) is 23.7 Å². The van der Waals surface area contributed by atoms with E-state index in [1.807, 2.05) is 0 Å². The van der Waals surface area contributed by atoms with Crippen LogP contribution in [0.5, 0.6) is 0 Å². The third kappa shape index (κ3) is 30.6. The first-order valence-corrected chi connectivity index (χ1v) is 14.9. The van der Waals surface area contributed by atoms with Gasteiger partial charge in [-0.2, -0.15) is 0 Å². The number of rotatable bonds is 25. The predicted molar refractivity (Wildman–Crippen MR) is 149 cm³/mol. The Kier molecular flexibility index (Phi) is 28.4. The van der Waals surface area contributed by atoms with Gasteiger partial charge in [0.15, 0.2) is 0 Å². The molecule has 196 valence electrons. The molecule has 0 aromatic rings. The van der Waals surface area contributed by atoms with Crippen LogP contribution in [-0.2, 0) is 4.79 Å². The molecular formula is C32H56O2. The van der Waals surface area contributed by atoms with Crippen molar-refractivity contribution in [1.82, 2.24) is 0 Å². The Labute approximate surface area is 213 Å². The fourth-order valence-electron chi connectivity index (χ4n) is 4.35. The van der Waals surface area contributed by atoms with Crippen molar-refractivity contribution in [2.24, 2.45) is 0 Å². The molecule has 1 N–H and O–H groups in total. The standard InChI is InChI=1S/C32H56O2/c1-2-3-4-5-6-7-8-9-10-11-12-13-14-15-16-17-18-19-20-21-22-23-24-25-26-27-28-29-30-31-32(33)34/h2-19,24-31H2,1H3,(H,33,34). The summed E-state index contributed by atoms with van der Waals surface area (Å²) < 4.78 is 0. The molecule has 0 aliphatic rings. The van der Waals surface area contributed by atoms with E-state index >= 15 is 0 Å². The minimum absolute atomic E-state index is 0.309. The summed E-state index contributed by atoms with van der Waals surface area (Å²) in [6.07, 6.45) is 32.7. The van der Waals surface area contributed by atoms with Crippen molar-refractivity contribution in [3.05, 3.63) is 0 Å². The number of aliphatic carboxylic acids is 1. The zero-order valence-electron chi connectivity index (χ0n) is 22.7. The molecule has 34 heavy (non-hydrogen) atoms. The van der Waals surface area contributed by atoms with Crippen molar-refractivity contribution in [2.75, 3.05) is 0 Å². The molecule has 0 aromatic carbocycles. The SMILES string of the molecule is CCCCCCCCCCCCCCCCCCCC#CC#CCCCCCCCCC(=O)O. The molecule has 0 unspecified atom stereocenters. The Morgan fingerprint density at radius 2 is 0.765 bits per heavy atom. The lowest BCUT2D eigenvalue weighted by Crippen LogP contribution is -1.93. The summed E-state index contributed by atoms with van der Waals surface area (Å²) in [5.41, 5.74) is 0. The number of carboxylic acid groups (broad SMARTS) is 1. The lowest BCUT2D eigenvalue weighted by atomic mass is 10.0. The molecule has 0 saturated carbocycles. The number of hydrogen-bond donors (Lipinski definition) is 1. The second-order valence-corrected chi connectivity index (χ2v) is 10.0. The third-order valence-electron chi connectivity index (χ3n) is 6.59. The first-order valence-electron chi connectivity index (χ1n) is 14.9. The van der Waals surface area contributed by atoms with Gasteiger partial charge in [0, 0.05) is 19.3 Å². The van der Waals surface area contributed by atoms with E-state index in [2.05, 4.69) is 30.6 Å². The van der Waals surface area contributed by atoms with Crippen molar-refractivity contribution < 1.29 is 9.90 Å². The van der Waals surface area contributed by atoms with Gasteiger partial charge >= 0.3 is 5.97 Å². The molecule has 0 bridgehead atoms. The van der Waals surface area contributed by atoms with Crippen molar-refractivity contribution in [2.45, 2.75) is 174 Å². The summed E-state index contributed by atoms with van der Waals surface area (Å²) in [4.78, 5) is 10.4. The maximum atomic E-state index is 10.4. The molecule has 0 aliphatic heterocycles. The maximum Gasteiger partial charge on any atom is 0.303 e. The Balaban J connectivity index is 3.20. The number of hydrogen-bond acceptors (Lipinski definition) is 1. The van der Waals surface area contributed by atoms with Gasteiger partial charge in [0.1, 0.15) is 0 Å². The van der Waals surface area contributed by atoms with E-state index in [1.54, 1.807) is 0 Å². The van der Waals surface area contributed by atoms with E-state index in [0.29, 0.717) is 6.42 Å². The van der Waals surface area contributed by atoms with Crippen molar-refractivity contribution >= 4 is 5.97 Å². The zero-order valence-corrected chi connectivity index (χ0v) is 22.7. The highest BCUT2D eigenvalue weighted by Gasteiger charge is 1.96. The van der Waals surface area contributed by atoms with E-state index in [9.17, 15) is 4.79 Å². The fraction of sp³-hybridized carbons (Fsp3) is 0.844. The van der Waals surface area contributed by atoms with Crippen LogP contribution in [0.3, 0.4) is 0 Å². The van der Waals surface area contributed by atoms with Crippen LogP contribution < -0.4 is 0 Å². The fourth-order valence-corrected chi connectivity index (χ4v) is 4.35. The van der Waals surface area contributed by atoms with Gasteiger partial charge in [-0.15, -0.1) is 0 Å². The molecular weight excluding hydrogens is 416 g/mol. The summed E-state index contributed by atoms with van der Waals surface area (Å²) in [6, 6.07) is 0. The molecule has 0 atom stereocenters.